The minimum atomic E-state index is -3.00. The number of ketones is 2. The van der Waals surface area contributed by atoms with E-state index in [4.69, 9.17) is 28.1 Å². The molecule has 1 saturated carbocycles. The highest BCUT2D eigenvalue weighted by Gasteiger charge is 2.69. The minimum Gasteiger partial charge on any atom is -0.507 e. The number of rotatable bonds is 13. The van der Waals surface area contributed by atoms with Gasteiger partial charge in [-0.1, -0.05) is 88.4 Å². The molecule has 3 aliphatic carbocycles. The van der Waals surface area contributed by atoms with Crippen LogP contribution in [0.25, 0.3) is 5.76 Å². The highest BCUT2D eigenvalue weighted by Crippen LogP contribution is 2.60. The Hall–Kier alpha value is -5.51. The molecule has 15 heteroatoms. The zero-order valence-electron chi connectivity index (χ0n) is 40.2. The van der Waals surface area contributed by atoms with Crippen molar-refractivity contribution >= 4 is 43.4 Å². The fourth-order valence-electron chi connectivity index (χ4n) is 9.11. The number of carbonyl (C=O) groups is 3. The third-order valence-electron chi connectivity index (χ3n) is 13.1. The fraction of sp³-hybridized carbons (Fsp3) is 0.500. The Kier molecular flexibility index (Phi) is 12.9. The summed E-state index contributed by atoms with van der Waals surface area (Å²) < 4.78 is 32.3. The number of fused-ring (bicyclic) bond motifs is 4. The summed E-state index contributed by atoms with van der Waals surface area (Å²) in [5, 5.41) is 17.0. The summed E-state index contributed by atoms with van der Waals surface area (Å²) in [6.07, 6.45) is 0.437. The quantitative estimate of drug-likeness (QED) is 0.100. The first-order valence-corrected chi connectivity index (χ1v) is 25.4. The Bertz CT molecular complexity index is 2470. The third-order valence-corrected chi connectivity index (χ3v) is 17.5. The third kappa shape index (κ3) is 8.70. The Morgan fingerprint density at radius 3 is 2.02 bits per heavy atom. The first-order valence-electron chi connectivity index (χ1n) is 22.5. The largest absolute Gasteiger partial charge is 0.507 e. The molecule has 2 aromatic heterocycles. The van der Waals surface area contributed by atoms with E-state index in [9.17, 15) is 9.90 Å². The van der Waals surface area contributed by atoms with Crippen LogP contribution in [-0.4, -0.2) is 92.1 Å². The van der Waals surface area contributed by atoms with E-state index in [-0.39, 0.29) is 72.5 Å². The van der Waals surface area contributed by atoms with E-state index in [1.54, 1.807) is 20.8 Å². The van der Waals surface area contributed by atoms with Crippen LogP contribution in [0.2, 0.25) is 18.1 Å². The van der Waals surface area contributed by atoms with Crippen LogP contribution in [0.3, 0.4) is 0 Å². The number of ether oxygens (including phenoxy) is 3. The van der Waals surface area contributed by atoms with E-state index in [2.05, 4.69) is 25.9 Å². The number of hydrogen-bond donors (Lipinski definition) is 1. The van der Waals surface area contributed by atoms with Crippen LogP contribution in [0.1, 0.15) is 106 Å². The second kappa shape index (κ2) is 17.7. The number of hydrogen-bond acceptors (Lipinski definition) is 13. The molecular weight excluding hydrogens is 843 g/mol. The van der Waals surface area contributed by atoms with Crippen molar-refractivity contribution in [2.75, 3.05) is 44.5 Å². The molecule has 0 bridgehead atoms. The maximum atomic E-state index is 16.2. The van der Waals surface area contributed by atoms with Crippen molar-refractivity contribution in [3.05, 3.63) is 99.8 Å². The number of aliphatic hydroxyl groups is 1. The summed E-state index contributed by atoms with van der Waals surface area (Å²) in [6.45, 7) is 17.9. The average molecular weight is 908 g/mol. The van der Waals surface area contributed by atoms with Crippen LogP contribution < -0.4 is 19.3 Å². The molecule has 4 aromatic rings. The van der Waals surface area contributed by atoms with Crippen molar-refractivity contribution in [2.24, 2.45) is 11.8 Å². The van der Waals surface area contributed by atoms with Crippen molar-refractivity contribution in [1.29, 1.82) is 0 Å². The van der Waals surface area contributed by atoms with Crippen LogP contribution in [-0.2, 0) is 33.6 Å². The van der Waals surface area contributed by atoms with Crippen molar-refractivity contribution in [3.63, 3.8) is 0 Å². The van der Waals surface area contributed by atoms with Gasteiger partial charge in [0, 0.05) is 37.7 Å². The first kappa shape index (κ1) is 47.4. The predicted molar refractivity (Wildman–Crippen MR) is 252 cm³/mol. The second-order valence-corrected chi connectivity index (χ2v) is 25.1. The van der Waals surface area contributed by atoms with Gasteiger partial charge in [0.25, 0.3) is 5.88 Å². The molecular formula is C50H65N5O9Si. The number of Topliss-reactive ketones (excluding diaryl/α,β-unsaturated/α-hetero) is 2. The molecule has 3 aliphatic rings. The highest BCUT2D eigenvalue weighted by molar-refractivity contribution is 6.74. The number of pyridine rings is 1. The Balaban J connectivity index is 1.49. The maximum Gasteiger partial charge on any atom is 0.416 e. The summed E-state index contributed by atoms with van der Waals surface area (Å²) in [5.41, 5.74) is -0.260. The van der Waals surface area contributed by atoms with E-state index < -0.39 is 60.1 Å². The van der Waals surface area contributed by atoms with Crippen LogP contribution in [0, 0.1) is 11.8 Å². The van der Waals surface area contributed by atoms with E-state index in [1.165, 1.54) is 4.90 Å². The number of aromatic nitrogens is 2. The maximum absolute atomic E-state index is 16.2. The topological polar surface area (TPSA) is 157 Å². The number of benzene rings is 2. The Morgan fingerprint density at radius 1 is 0.877 bits per heavy atom. The lowest BCUT2D eigenvalue weighted by Gasteiger charge is -2.55. The lowest BCUT2D eigenvalue weighted by molar-refractivity contribution is -0.140. The molecule has 0 saturated heterocycles. The zero-order valence-corrected chi connectivity index (χ0v) is 41.2. The van der Waals surface area contributed by atoms with Crippen LogP contribution in [0.4, 0.5) is 16.4 Å². The Labute approximate surface area is 384 Å². The van der Waals surface area contributed by atoms with E-state index >= 15 is 9.59 Å². The number of anilines is 2. The first-order chi connectivity index (χ1) is 30.5. The molecule has 2 aromatic carbocycles. The number of carbonyl (C=O) groups excluding carboxylic acids is 3. The van der Waals surface area contributed by atoms with Crippen LogP contribution >= 0.6 is 0 Å². The summed E-state index contributed by atoms with van der Waals surface area (Å²) in [7, 11) is 4.46. The standard InChI is InChI=1S/C50H65N5O9Si/c1-14-25-55(47(59)62-48(2,3)4)45-41(60-28-30-21-17-15-18-22-30)36-33(44(51-45)54(10)11)26-32-27-34-38(53(8)9)40-37(46(52-63-40)61-29-31-23-19-16-20-24-31)43(58)50(34,42(57)35(32)39(36)56)64-65(12,13)49(5,6)7/h15-24,32,34,38,56H,14,25-29H2,1-13H3/t32-,34-,38-,50-/m0/s1. The molecule has 1 fully saturated rings. The molecule has 2 heterocycles. The van der Waals surface area contributed by atoms with Gasteiger partial charge >= 0.3 is 6.09 Å². The van der Waals surface area contributed by atoms with Gasteiger partial charge in [0.1, 0.15) is 36.0 Å². The summed E-state index contributed by atoms with van der Waals surface area (Å²) in [5.74, 6) is -1.90. The smallest absolute Gasteiger partial charge is 0.416 e. The van der Waals surface area contributed by atoms with Gasteiger partial charge in [-0.05, 0) is 94.5 Å². The SMILES string of the molecule is CCCN(C(=O)OC(C)(C)C)c1nc(N(C)C)c2c(c1OCc1ccccc1)C(O)=C1C(=O)[C@]3(O[Si](C)(C)C(C)(C)C)C(=O)c4c(OCc5ccccc5)noc4[C@@H](N(C)C)[C@@H]3C[C@@H]1C2. The molecule has 0 spiro atoms. The summed E-state index contributed by atoms with van der Waals surface area (Å²) >= 11 is 0. The average Bonchev–Trinajstić information content (AvgIpc) is 3.65. The monoisotopic (exact) mass is 907 g/mol. The molecule has 7 rings (SSSR count). The number of nitrogens with zero attached hydrogens (tertiary/aromatic N) is 5. The van der Waals surface area contributed by atoms with Crippen molar-refractivity contribution in [2.45, 2.75) is 116 Å². The lowest BCUT2D eigenvalue weighted by atomic mass is 9.57. The van der Waals surface area contributed by atoms with Crippen LogP contribution in [0.15, 0.2) is 70.8 Å². The summed E-state index contributed by atoms with van der Waals surface area (Å²) in [6, 6.07) is 18.4. The van der Waals surface area contributed by atoms with Gasteiger partial charge in [0.15, 0.2) is 31.2 Å². The fourth-order valence-corrected chi connectivity index (χ4v) is 10.6. The van der Waals surface area contributed by atoms with Crippen molar-refractivity contribution in [1.82, 2.24) is 15.0 Å². The van der Waals surface area contributed by atoms with E-state index in [1.807, 2.05) is 119 Å². The van der Waals surface area contributed by atoms with Gasteiger partial charge in [-0.15, -0.1) is 0 Å². The van der Waals surface area contributed by atoms with E-state index in [0.29, 0.717) is 23.6 Å². The van der Waals surface area contributed by atoms with Gasteiger partial charge in [-0.2, -0.15) is 0 Å². The molecule has 14 nitrogen and oxygen atoms in total. The minimum absolute atomic E-state index is 0.0272. The molecule has 65 heavy (non-hydrogen) atoms. The molecule has 0 unspecified atom stereocenters. The van der Waals surface area contributed by atoms with Crippen molar-refractivity contribution in [3.8, 4) is 11.6 Å². The highest BCUT2D eigenvalue weighted by atomic mass is 28.4. The molecule has 0 radical (unpaired) electrons. The van der Waals surface area contributed by atoms with Crippen molar-refractivity contribution < 1.29 is 42.6 Å². The second-order valence-electron chi connectivity index (χ2n) is 20.4. The van der Waals surface area contributed by atoms with Gasteiger partial charge in [0.2, 0.25) is 11.6 Å². The number of aliphatic hydroxyl groups excluding tert-OH is 1. The Morgan fingerprint density at radius 2 is 1.48 bits per heavy atom. The van der Waals surface area contributed by atoms with Gasteiger partial charge in [-0.3, -0.25) is 19.4 Å². The van der Waals surface area contributed by atoms with Gasteiger partial charge < -0.3 is 33.2 Å². The zero-order chi connectivity index (χ0) is 47.4. The summed E-state index contributed by atoms with van der Waals surface area (Å²) in [4.78, 5) is 56.6. The number of amides is 1. The van der Waals surface area contributed by atoms with E-state index in [0.717, 1.165) is 11.1 Å². The lowest BCUT2D eigenvalue weighted by Crippen LogP contribution is -2.68. The molecule has 4 atom stereocenters. The van der Waals surface area contributed by atoms with Gasteiger partial charge in [-0.25, -0.2) is 9.78 Å². The predicted octanol–water partition coefficient (Wildman–Crippen LogP) is 9.74. The molecule has 0 aliphatic heterocycles. The van der Waals surface area contributed by atoms with Crippen LogP contribution in [0.5, 0.6) is 11.6 Å². The molecule has 1 amide bonds. The molecule has 1 N–H and O–H groups in total. The van der Waals surface area contributed by atoms with Gasteiger partial charge in [0.05, 0.1) is 11.6 Å². The molecule has 348 valence electrons. The normalized spacial score (nSPS) is 20.7.